The first-order valence-corrected chi connectivity index (χ1v) is 11.3. The molecule has 1 atom stereocenters. The normalized spacial score (nSPS) is 15.9. The zero-order valence-corrected chi connectivity index (χ0v) is 18.1. The maximum atomic E-state index is 12.9. The van der Waals surface area contributed by atoms with E-state index in [1.807, 2.05) is 35.8 Å². The van der Waals surface area contributed by atoms with Gasteiger partial charge in [0.05, 0.1) is 17.5 Å². The molecule has 0 bridgehead atoms. The van der Waals surface area contributed by atoms with E-state index in [4.69, 9.17) is 0 Å². The number of thiophene rings is 1. The molecule has 1 aliphatic rings. The van der Waals surface area contributed by atoms with Crippen LogP contribution in [0.5, 0.6) is 0 Å². The number of carbonyl (C=O) groups excluding carboxylic acids is 1. The Balaban J connectivity index is 1.44. The van der Waals surface area contributed by atoms with Crippen molar-refractivity contribution < 1.29 is 9.90 Å². The van der Waals surface area contributed by atoms with Crippen molar-refractivity contribution in [2.45, 2.75) is 26.2 Å². The van der Waals surface area contributed by atoms with E-state index in [1.165, 1.54) is 10.4 Å². The molecule has 0 aromatic carbocycles. The van der Waals surface area contributed by atoms with Crippen molar-refractivity contribution in [1.82, 2.24) is 24.5 Å². The number of fused-ring (bicyclic) bond motifs is 4. The summed E-state index contributed by atoms with van der Waals surface area (Å²) in [6, 6.07) is 5.97. The summed E-state index contributed by atoms with van der Waals surface area (Å²) in [5, 5.41) is 18.0. The number of rotatable bonds is 6. The molecule has 8 nitrogen and oxygen atoms in total. The van der Waals surface area contributed by atoms with Crippen LogP contribution in [0.3, 0.4) is 0 Å². The minimum absolute atomic E-state index is 0.00383. The summed E-state index contributed by atoms with van der Waals surface area (Å²) in [5.41, 5.74) is 3.20. The average molecular weight is 437 g/mol. The Hall–Kier alpha value is -3.04. The molecule has 4 aromatic rings. The highest BCUT2D eigenvalue weighted by Gasteiger charge is 2.31. The summed E-state index contributed by atoms with van der Waals surface area (Å²) in [4.78, 5) is 25.9. The van der Waals surface area contributed by atoms with Gasteiger partial charge >= 0.3 is 0 Å². The summed E-state index contributed by atoms with van der Waals surface area (Å²) in [7, 11) is 0. The third kappa shape index (κ3) is 3.64. The number of carbonyl (C=O) groups is 1. The Labute approximate surface area is 183 Å². The zero-order valence-electron chi connectivity index (χ0n) is 17.3. The van der Waals surface area contributed by atoms with Crippen molar-refractivity contribution in [3.63, 3.8) is 0 Å². The fourth-order valence-electron chi connectivity index (χ4n) is 4.36. The van der Waals surface area contributed by atoms with Gasteiger partial charge < -0.3 is 15.3 Å². The van der Waals surface area contributed by atoms with Crippen LogP contribution in [0.25, 0.3) is 15.7 Å². The van der Waals surface area contributed by atoms with Gasteiger partial charge in [0.15, 0.2) is 0 Å². The second kappa shape index (κ2) is 8.24. The van der Waals surface area contributed by atoms with E-state index in [-0.39, 0.29) is 18.4 Å². The Bertz CT molecular complexity index is 1250. The Morgan fingerprint density at radius 3 is 3.13 bits per heavy atom. The molecule has 31 heavy (non-hydrogen) atoms. The van der Waals surface area contributed by atoms with E-state index in [0.29, 0.717) is 13.1 Å². The van der Waals surface area contributed by atoms with Crippen LogP contribution < -0.4 is 5.32 Å². The molecule has 0 saturated carbocycles. The average Bonchev–Trinajstić information content (AvgIpc) is 3.40. The number of aryl methyl sites for hydroxylation is 1. The van der Waals surface area contributed by atoms with Crippen LogP contribution in [0, 0.1) is 5.92 Å². The minimum atomic E-state index is -0.0410. The smallest absolute Gasteiger partial charge is 0.226 e. The van der Waals surface area contributed by atoms with Gasteiger partial charge in [-0.25, -0.2) is 14.5 Å². The van der Waals surface area contributed by atoms with Crippen molar-refractivity contribution in [2.24, 2.45) is 5.92 Å². The number of anilines is 2. The standard InChI is InChI=1S/C22H24N6O2S/c1-2-27(9-10-29)22(30)14-3-4-17-18(11-14)31-21-19(17)20(23-13-24-21)26-15-6-8-28-16(12-15)5-7-25-28/h5-8,12-14,29H,2-4,9-11H2,1H3,(H,23,24,26)/t14-/m0/s1. The van der Waals surface area contributed by atoms with Crippen LogP contribution in [0.1, 0.15) is 23.8 Å². The number of nitrogens with zero attached hydrogens (tertiary/aromatic N) is 5. The van der Waals surface area contributed by atoms with Crippen LogP contribution in [0.15, 0.2) is 36.9 Å². The van der Waals surface area contributed by atoms with Gasteiger partial charge in [-0.1, -0.05) is 0 Å². The summed E-state index contributed by atoms with van der Waals surface area (Å²) in [5.74, 6) is 0.894. The molecule has 0 radical (unpaired) electrons. The topological polar surface area (TPSA) is 95.6 Å². The highest BCUT2D eigenvalue weighted by atomic mass is 32.1. The van der Waals surface area contributed by atoms with Crippen molar-refractivity contribution in [3.8, 4) is 0 Å². The minimum Gasteiger partial charge on any atom is -0.395 e. The van der Waals surface area contributed by atoms with Gasteiger partial charge in [-0.05, 0) is 49.9 Å². The van der Waals surface area contributed by atoms with Crippen LogP contribution in [-0.2, 0) is 17.6 Å². The SMILES string of the molecule is CCN(CCO)C(=O)[C@H]1CCc2c(sc3ncnc(Nc4ccn5nccc5c4)c23)C1. The van der Waals surface area contributed by atoms with E-state index in [9.17, 15) is 9.90 Å². The van der Waals surface area contributed by atoms with Gasteiger partial charge in [0, 0.05) is 42.0 Å². The summed E-state index contributed by atoms with van der Waals surface area (Å²) in [6.45, 7) is 2.97. The van der Waals surface area contributed by atoms with Crippen LogP contribution in [-0.4, -0.2) is 55.2 Å². The predicted octanol–water partition coefficient (Wildman–Crippen LogP) is 3.03. The first-order chi connectivity index (χ1) is 15.2. The first kappa shape index (κ1) is 19.9. The maximum absolute atomic E-state index is 12.9. The molecule has 5 rings (SSSR count). The van der Waals surface area contributed by atoms with E-state index in [0.717, 1.165) is 46.5 Å². The van der Waals surface area contributed by atoms with Crippen LogP contribution >= 0.6 is 11.3 Å². The molecule has 160 valence electrons. The molecule has 0 fully saturated rings. The molecule has 4 heterocycles. The van der Waals surface area contributed by atoms with Crippen molar-refractivity contribution in [3.05, 3.63) is 47.4 Å². The highest BCUT2D eigenvalue weighted by Crippen LogP contribution is 2.40. The van der Waals surface area contributed by atoms with Crippen molar-refractivity contribution in [1.29, 1.82) is 0 Å². The van der Waals surface area contributed by atoms with Crippen LogP contribution in [0.2, 0.25) is 0 Å². The third-order valence-electron chi connectivity index (χ3n) is 5.92. The lowest BCUT2D eigenvalue weighted by atomic mass is 9.87. The molecule has 0 spiro atoms. The van der Waals surface area contributed by atoms with E-state index in [1.54, 1.807) is 28.8 Å². The highest BCUT2D eigenvalue weighted by molar-refractivity contribution is 7.19. The van der Waals surface area contributed by atoms with Crippen molar-refractivity contribution in [2.75, 3.05) is 25.0 Å². The number of aliphatic hydroxyl groups is 1. The summed E-state index contributed by atoms with van der Waals surface area (Å²) >= 11 is 1.66. The Morgan fingerprint density at radius 2 is 2.29 bits per heavy atom. The Kier molecular flexibility index (Phi) is 5.29. The Morgan fingerprint density at radius 1 is 1.39 bits per heavy atom. The summed E-state index contributed by atoms with van der Waals surface area (Å²) in [6.07, 6.45) is 7.63. The molecule has 0 aliphatic heterocycles. The maximum Gasteiger partial charge on any atom is 0.226 e. The number of likely N-dealkylation sites (N-methyl/N-ethyl adjacent to an activating group) is 1. The summed E-state index contributed by atoms with van der Waals surface area (Å²) < 4.78 is 1.82. The van der Waals surface area contributed by atoms with Gasteiger partial charge in [-0.3, -0.25) is 4.79 Å². The largest absolute Gasteiger partial charge is 0.395 e. The molecule has 9 heteroatoms. The second-order valence-electron chi connectivity index (χ2n) is 7.73. The number of hydrogen-bond acceptors (Lipinski definition) is 7. The number of pyridine rings is 1. The van der Waals surface area contributed by atoms with Gasteiger partial charge in [0.2, 0.25) is 5.91 Å². The van der Waals surface area contributed by atoms with E-state index < -0.39 is 0 Å². The molecule has 0 saturated heterocycles. The predicted molar refractivity (Wildman–Crippen MR) is 121 cm³/mol. The van der Waals surface area contributed by atoms with E-state index >= 15 is 0 Å². The molecule has 4 aromatic heterocycles. The monoisotopic (exact) mass is 436 g/mol. The fraction of sp³-hybridized carbons (Fsp3) is 0.364. The molecule has 0 unspecified atom stereocenters. The lowest BCUT2D eigenvalue weighted by Gasteiger charge is -2.28. The van der Waals surface area contributed by atoms with Gasteiger partial charge in [0.1, 0.15) is 17.0 Å². The molecular formula is C22H24N6O2S. The number of amides is 1. The fourth-order valence-corrected chi connectivity index (χ4v) is 5.62. The van der Waals surface area contributed by atoms with E-state index in [2.05, 4.69) is 20.4 Å². The molecule has 1 amide bonds. The quantitative estimate of drug-likeness (QED) is 0.482. The first-order valence-electron chi connectivity index (χ1n) is 10.5. The number of aromatic nitrogens is 4. The van der Waals surface area contributed by atoms with Gasteiger partial charge in [0.25, 0.3) is 0 Å². The van der Waals surface area contributed by atoms with Crippen molar-refractivity contribution >= 4 is 44.5 Å². The molecule has 1 aliphatic carbocycles. The second-order valence-corrected chi connectivity index (χ2v) is 8.81. The molecule has 2 N–H and O–H groups in total. The van der Waals surface area contributed by atoms with Gasteiger partial charge in [-0.2, -0.15) is 5.10 Å². The van der Waals surface area contributed by atoms with Crippen LogP contribution in [0.4, 0.5) is 11.5 Å². The zero-order chi connectivity index (χ0) is 21.4. The molecular weight excluding hydrogens is 412 g/mol. The van der Waals surface area contributed by atoms with Gasteiger partial charge in [-0.15, -0.1) is 11.3 Å². The lowest BCUT2D eigenvalue weighted by molar-refractivity contribution is -0.136. The number of aliphatic hydroxyl groups excluding tert-OH is 1. The lowest BCUT2D eigenvalue weighted by Crippen LogP contribution is -2.39. The number of nitrogens with one attached hydrogen (secondary N) is 1. The number of hydrogen-bond donors (Lipinski definition) is 2. The third-order valence-corrected chi connectivity index (χ3v) is 7.08.